The molecular formula is C14H18N2O. The second kappa shape index (κ2) is 4.32. The lowest BCUT2D eigenvalue weighted by atomic mass is 10.1. The highest BCUT2D eigenvalue weighted by atomic mass is 16.2. The summed E-state index contributed by atoms with van der Waals surface area (Å²) in [5.41, 5.74) is 3.18. The van der Waals surface area contributed by atoms with E-state index in [-0.39, 0.29) is 18.0 Å². The fourth-order valence-electron chi connectivity index (χ4n) is 2.15. The molecule has 1 amide bonds. The fraction of sp³-hybridized carbons (Fsp3) is 0.429. The molecule has 0 saturated heterocycles. The molecule has 1 aliphatic heterocycles. The van der Waals surface area contributed by atoms with Crippen LogP contribution in [0.15, 0.2) is 23.2 Å². The normalized spacial score (nSPS) is 19.5. The Balaban J connectivity index is 2.63. The van der Waals surface area contributed by atoms with Crippen LogP contribution in [-0.4, -0.2) is 24.2 Å². The maximum Gasteiger partial charge on any atom is 0.251 e. The first kappa shape index (κ1) is 11.8. The SMILES string of the molecule is Cc1cccc2c1C=NC(C)C(=O)N2C(C)C. The second-order valence-electron chi connectivity index (χ2n) is 4.76. The molecule has 90 valence electrons. The number of carbonyl (C=O) groups is 1. The average molecular weight is 230 g/mol. The number of aliphatic imine (C=N–C) groups is 1. The molecule has 0 radical (unpaired) electrons. The van der Waals surface area contributed by atoms with Crippen molar-refractivity contribution >= 4 is 17.8 Å². The Bertz CT molecular complexity index is 477. The summed E-state index contributed by atoms with van der Waals surface area (Å²) >= 11 is 0. The minimum atomic E-state index is -0.302. The van der Waals surface area contributed by atoms with E-state index in [1.807, 2.05) is 57.0 Å². The van der Waals surface area contributed by atoms with Gasteiger partial charge in [-0.1, -0.05) is 12.1 Å². The Morgan fingerprint density at radius 2 is 2.06 bits per heavy atom. The van der Waals surface area contributed by atoms with Crippen LogP contribution in [0.5, 0.6) is 0 Å². The van der Waals surface area contributed by atoms with Gasteiger partial charge in [0.15, 0.2) is 0 Å². The molecule has 0 aromatic heterocycles. The van der Waals surface area contributed by atoms with E-state index in [2.05, 4.69) is 4.99 Å². The maximum atomic E-state index is 12.3. The van der Waals surface area contributed by atoms with Gasteiger partial charge < -0.3 is 4.90 Å². The monoisotopic (exact) mass is 230 g/mol. The Kier molecular flexibility index (Phi) is 3.01. The van der Waals surface area contributed by atoms with E-state index < -0.39 is 0 Å². The van der Waals surface area contributed by atoms with E-state index >= 15 is 0 Å². The summed E-state index contributed by atoms with van der Waals surface area (Å²) in [6.45, 7) is 7.95. The van der Waals surface area contributed by atoms with Crippen LogP contribution in [-0.2, 0) is 4.79 Å². The number of aryl methyl sites for hydroxylation is 1. The molecular weight excluding hydrogens is 212 g/mol. The molecule has 0 bridgehead atoms. The van der Waals surface area contributed by atoms with Gasteiger partial charge in [-0.25, -0.2) is 0 Å². The molecule has 1 unspecified atom stereocenters. The minimum absolute atomic E-state index is 0.0700. The van der Waals surface area contributed by atoms with Crippen LogP contribution in [0.25, 0.3) is 0 Å². The molecule has 0 fully saturated rings. The number of hydrogen-bond donors (Lipinski definition) is 0. The van der Waals surface area contributed by atoms with Crippen LogP contribution >= 0.6 is 0 Å². The summed E-state index contributed by atoms with van der Waals surface area (Å²) in [7, 11) is 0. The summed E-state index contributed by atoms with van der Waals surface area (Å²) in [6, 6.07) is 5.87. The van der Waals surface area contributed by atoms with Crippen molar-refractivity contribution in [1.82, 2.24) is 0 Å². The Labute approximate surface area is 102 Å². The first-order valence-electron chi connectivity index (χ1n) is 5.98. The number of benzene rings is 1. The average Bonchev–Trinajstić information content (AvgIpc) is 2.38. The number of nitrogens with zero attached hydrogens (tertiary/aromatic N) is 2. The lowest BCUT2D eigenvalue weighted by molar-refractivity contribution is -0.119. The van der Waals surface area contributed by atoms with Gasteiger partial charge in [-0.15, -0.1) is 0 Å². The van der Waals surface area contributed by atoms with Gasteiger partial charge in [0.2, 0.25) is 0 Å². The topological polar surface area (TPSA) is 32.7 Å². The van der Waals surface area contributed by atoms with E-state index in [0.29, 0.717) is 0 Å². The van der Waals surface area contributed by atoms with Gasteiger partial charge in [-0.3, -0.25) is 9.79 Å². The maximum absolute atomic E-state index is 12.3. The molecule has 0 N–H and O–H groups in total. The van der Waals surface area contributed by atoms with Crippen LogP contribution in [0.3, 0.4) is 0 Å². The molecule has 0 aliphatic carbocycles. The van der Waals surface area contributed by atoms with Gasteiger partial charge in [0.05, 0.1) is 5.69 Å². The summed E-state index contributed by atoms with van der Waals surface area (Å²) in [6.07, 6.45) is 1.83. The first-order valence-corrected chi connectivity index (χ1v) is 5.98. The van der Waals surface area contributed by atoms with Gasteiger partial charge in [0, 0.05) is 17.8 Å². The molecule has 1 aromatic rings. The van der Waals surface area contributed by atoms with Crippen LogP contribution in [0, 0.1) is 6.92 Å². The third-order valence-electron chi connectivity index (χ3n) is 3.10. The van der Waals surface area contributed by atoms with E-state index in [1.54, 1.807) is 0 Å². The predicted octanol–water partition coefficient (Wildman–Crippen LogP) is 2.56. The number of carbonyl (C=O) groups excluding carboxylic acids is 1. The number of amides is 1. The zero-order valence-corrected chi connectivity index (χ0v) is 10.8. The quantitative estimate of drug-likeness (QED) is 0.729. The lowest BCUT2D eigenvalue weighted by Gasteiger charge is -2.28. The van der Waals surface area contributed by atoms with Crippen molar-refractivity contribution in [2.45, 2.75) is 39.8 Å². The van der Waals surface area contributed by atoms with Crippen molar-refractivity contribution in [2.75, 3.05) is 4.90 Å². The van der Waals surface area contributed by atoms with Crippen molar-refractivity contribution < 1.29 is 4.79 Å². The van der Waals surface area contributed by atoms with E-state index in [9.17, 15) is 4.79 Å². The van der Waals surface area contributed by atoms with Crippen molar-refractivity contribution in [3.05, 3.63) is 29.3 Å². The fourth-order valence-corrected chi connectivity index (χ4v) is 2.15. The van der Waals surface area contributed by atoms with Crippen molar-refractivity contribution in [2.24, 2.45) is 4.99 Å². The van der Waals surface area contributed by atoms with Gasteiger partial charge in [0.1, 0.15) is 6.04 Å². The molecule has 3 nitrogen and oxygen atoms in total. The van der Waals surface area contributed by atoms with Crippen molar-refractivity contribution in [3.63, 3.8) is 0 Å². The largest absolute Gasteiger partial charge is 0.307 e. The second-order valence-corrected chi connectivity index (χ2v) is 4.76. The van der Waals surface area contributed by atoms with E-state index in [1.165, 1.54) is 0 Å². The van der Waals surface area contributed by atoms with E-state index in [0.717, 1.165) is 16.8 Å². The Morgan fingerprint density at radius 3 is 2.71 bits per heavy atom. The first-order chi connectivity index (χ1) is 8.02. The van der Waals surface area contributed by atoms with Crippen molar-refractivity contribution in [1.29, 1.82) is 0 Å². The standard InChI is InChI=1S/C14H18N2O/c1-9(2)16-13-7-5-6-10(3)12(13)8-15-11(4)14(16)17/h5-9,11H,1-4H3. The molecule has 0 spiro atoms. The third kappa shape index (κ3) is 1.97. The summed E-state index contributed by atoms with van der Waals surface area (Å²) in [4.78, 5) is 18.4. The number of rotatable bonds is 1. The number of hydrogen-bond acceptors (Lipinski definition) is 2. The highest BCUT2D eigenvalue weighted by Gasteiger charge is 2.27. The molecule has 1 aromatic carbocycles. The van der Waals surface area contributed by atoms with Gasteiger partial charge in [-0.2, -0.15) is 0 Å². The smallest absolute Gasteiger partial charge is 0.251 e. The molecule has 0 saturated carbocycles. The minimum Gasteiger partial charge on any atom is -0.307 e. The third-order valence-corrected chi connectivity index (χ3v) is 3.10. The lowest BCUT2D eigenvalue weighted by Crippen LogP contribution is -2.41. The van der Waals surface area contributed by atoms with Crippen LogP contribution in [0.1, 0.15) is 31.9 Å². The summed E-state index contributed by atoms with van der Waals surface area (Å²) < 4.78 is 0. The van der Waals surface area contributed by atoms with Crippen LogP contribution in [0.2, 0.25) is 0 Å². The Hall–Kier alpha value is -1.64. The molecule has 3 heteroatoms. The number of benzodiazepines with no additional fused rings is 1. The predicted molar refractivity (Wildman–Crippen MR) is 70.9 cm³/mol. The van der Waals surface area contributed by atoms with Crippen LogP contribution in [0.4, 0.5) is 5.69 Å². The molecule has 17 heavy (non-hydrogen) atoms. The number of fused-ring (bicyclic) bond motifs is 1. The Morgan fingerprint density at radius 1 is 1.35 bits per heavy atom. The van der Waals surface area contributed by atoms with Gasteiger partial charge in [-0.05, 0) is 39.3 Å². The van der Waals surface area contributed by atoms with E-state index in [4.69, 9.17) is 0 Å². The van der Waals surface area contributed by atoms with Gasteiger partial charge >= 0.3 is 0 Å². The summed E-state index contributed by atoms with van der Waals surface area (Å²) in [5, 5.41) is 0. The van der Waals surface area contributed by atoms with Crippen LogP contribution < -0.4 is 4.90 Å². The zero-order valence-electron chi connectivity index (χ0n) is 10.8. The molecule has 2 rings (SSSR count). The molecule has 1 atom stereocenters. The van der Waals surface area contributed by atoms with Gasteiger partial charge in [0.25, 0.3) is 5.91 Å². The highest BCUT2D eigenvalue weighted by molar-refractivity contribution is 6.05. The van der Waals surface area contributed by atoms with Crippen molar-refractivity contribution in [3.8, 4) is 0 Å². The number of anilines is 1. The summed E-state index contributed by atoms with van der Waals surface area (Å²) in [5.74, 6) is 0.0700. The highest BCUT2D eigenvalue weighted by Crippen LogP contribution is 2.27. The molecule has 1 heterocycles. The molecule has 1 aliphatic rings. The zero-order chi connectivity index (χ0) is 12.6.